The molecule has 1 aliphatic heterocycles. The molecule has 0 saturated carbocycles. The number of nitrogens with zero attached hydrogens (tertiary/aromatic N) is 5. The molecule has 0 radical (unpaired) electrons. The molecule has 0 fully saturated rings. The summed E-state index contributed by atoms with van der Waals surface area (Å²) in [6, 6.07) is 4.11. The summed E-state index contributed by atoms with van der Waals surface area (Å²) in [5.74, 6) is 0.884. The molecule has 0 saturated heterocycles. The summed E-state index contributed by atoms with van der Waals surface area (Å²) in [6.07, 6.45) is 9.22. The first-order chi connectivity index (χ1) is 14.7. The largest absolute Gasteiger partial charge is 0.496 e. The molecule has 0 aliphatic carbocycles. The van der Waals surface area contributed by atoms with Crippen molar-refractivity contribution in [2.24, 2.45) is 5.73 Å². The van der Waals surface area contributed by atoms with Crippen LogP contribution in [0.4, 0.5) is 5.82 Å². The Labute approximate surface area is 175 Å². The number of rotatable bonds is 6. The molecule has 9 nitrogen and oxygen atoms in total. The van der Waals surface area contributed by atoms with Crippen molar-refractivity contribution in [2.75, 3.05) is 18.9 Å². The van der Waals surface area contributed by atoms with E-state index >= 15 is 0 Å². The molecule has 4 N–H and O–H groups in total. The molecule has 152 valence electrons. The fraction of sp³-hybridized carbons (Fsp3) is 0.200. The number of nitrogen functional groups attached to an aromatic ring is 1. The van der Waals surface area contributed by atoms with Crippen molar-refractivity contribution >= 4 is 41.1 Å². The Morgan fingerprint density at radius 1 is 1.17 bits per heavy atom. The van der Waals surface area contributed by atoms with Crippen LogP contribution >= 0.6 is 11.8 Å². The van der Waals surface area contributed by atoms with Crippen LogP contribution in [0.2, 0.25) is 0 Å². The monoisotopic (exact) mass is 421 g/mol. The topological polar surface area (TPSA) is 131 Å². The molecule has 1 aromatic carbocycles. The number of imidazole rings is 1. The van der Waals surface area contributed by atoms with Gasteiger partial charge in [-0.3, -0.25) is 0 Å². The van der Waals surface area contributed by atoms with Gasteiger partial charge in [0.25, 0.3) is 0 Å². The first kappa shape index (κ1) is 18.6. The van der Waals surface area contributed by atoms with Crippen LogP contribution in [0.15, 0.2) is 45.4 Å². The van der Waals surface area contributed by atoms with Crippen LogP contribution in [0.1, 0.15) is 6.42 Å². The third-order valence-corrected chi connectivity index (χ3v) is 5.82. The van der Waals surface area contributed by atoms with Crippen molar-refractivity contribution in [3.63, 3.8) is 0 Å². The number of anilines is 1. The molecular weight excluding hydrogens is 402 g/mol. The molecule has 1 aliphatic rings. The van der Waals surface area contributed by atoms with E-state index in [1.54, 1.807) is 18.7 Å². The van der Waals surface area contributed by atoms with Crippen molar-refractivity contribution in [1.29, 1.82) is 0 Å². The average molecular weight is 421 g/mol. The lowest BCUT2D eigenvalue weighted by molar-refractivity contribution is 0.346. The molecule has 0 unspecified atom stereocenters. The summed E-state index contributed by atoms with van der Waals surface area (Å²) in [6.45, 7) is 1.78. The van der Waals surface area contributed by atoms with Crippen molar-refractivity contribution in [3.05, 3.63) is 41.4 Å². The second-order valence-corrected chi connectivity index (χ2v) is 7.70. The van der Waals surface area contributed by atoms with Gasteiger partial charge in [-0.1, -0.05) is 11.8 Å². The van der Waals surface area contributed by atoms with Crippen molar-refractivity contribution in [2.45, 2.75) is 23.0 Å². The molecule has 5 rings (SSSR count). The first-order valence-corrected chi connectivity index (χ1v) is 10.3. The van der Waals surface area contributed by atoms with Gasteiger partial charge in [-0.25, -0.2) is 19.9 Å². The molecule has 0 spiro atoms. The summed E-state index contributed by atoms with van der Waals surface area (Å²) in [5.41, 5.74) is 13.9. The third-order valence-electron chi connectivity index (χ3n) is 4.77. The molecule has 3 aromatic heterocycles. The smallest absolute Gasteiger partial charge is 0.227 e. The lowest BCUT2D eigenvalue weighted by Crippen LogP contribution is -2.28. The number of hydrogen-bond donors (Lipinski definition) is 2. The number of oxazole rings is 1. The normalized spacial score (nSPS) is 12.8. The fourth-order valence-electron chi connectivity index (χ4n) is 3.34. The maximum atomic E-state index is 6.05. The van der Waals surface area contributed by atoms with E-state index < -0.39 is 0 Å². The molecular formula is C20H19N7O2S. The highest BCUT2D eigenvalue weighted by molar-refractivity contribution is 7.99. The van der Waals surface area contributed by atoms with Crippen molar-refractivity contribution in [3.8, 4) is 11.5 Å². The van der Waals surface area contributed by atoms with Gasteiger partial charge in [0.15, 0.2) is 22.1 Å². The van der Waals surface area contributed by atoms with E-state index in [0.29, 0.717) is 42.6 Å². The van der Waals surface area contributed by atoms with E-state index in [4.69, 9.17) is 25.6 Å². The van der Waals surface area contributed by atoms with Gasteiger partial charge >= 0.3 is 0 Å². The van der Waals surface area contributed by atoms with E-state index in [9.17, 15) is 0 Å². The summed E-state index contributed by atoms with van der Waals surface area (Å²) in [7, 11) is 0. The average Bonchev–Trinajstić information content (AvgIpc) is 3.41. The van der Waals surface area contributed by atoms with Crippen LogP contribution < -0.4 is 21.9 Å². The van der Waals surface area contributed by atoms with Gasteiger partial charge < -0.3 is 25.2 Å². The molecule has 30 heavy (non-hydrogen) atoms. The van der Waals surface area contributed by atoms with E-state index in [-0.39, 0.29) is 0 Å². The van der Waals surface area contributed by atoms with Gasteiger partial charge in [-0.2, -0.15) is 0 Å². The Morgan fingerprint density at radius 2 is 2.10 bits per heavy atom. The summed E-state index contributed by atoms with van der Waals surface area (Å²) in [4.78, 5) is 18.5. The summed E-state index contributed by atoms with van der Waals surface area (Å²) < 4.78 is 13.1. The van der Waals surface area contributed by atoms with Gasteiger partial charge in [0.05, 0.1) is 18.0 Å². The highest BCUT2D eigenvalue weighted by Crippen LogP contribution is 2.35. The van der Waals surface area contributed by atoms with Crippen LogP contribution in [0.5, 0.6) is 0 Å². The zero-order valence-corrected chi connectivity index (χ0v) is 16.8. The van der Waals surface area contributed by atoms with E-state index in [0.717, 1.165) is 32.5 Å². The van der Waals surface area contributed by atoms with Crippen LogP contribution in [0.25, 0.3) is 35.0 Å². The Bertz CT molecular complexity index is 1330. The van der Waals surface area contributed by atoms with Crippen molar-refractivity contribution < 1.29 is 9.15 Å². The second kappa shape index (κ2) is 7.81. The lowest BCUT2D eigenvalue weighted by Gasteiger charge is -2.11. The highest BCUT2D eigenvalue weighted by atomic mass is 32.2. The molecule has 4 heterocycles. The van der Waals surface area contributed by atoms with Gasteiger partial charge in [-0.05, 0) is 36.4 Å². The molecule has 10 heteroatoms. The maximum absolute atomic E-state index is 6.05. The molecule has 4 aromatic rings. The minimum absolute atomic E-state index is 0.354. The van der Waals surface area contributed by atoms with Crippen LogP contribution in [0.3, 0.4) is 0 Å². The predicted octanol–water partition coefficient (Wildman–Crippen LogP) is 1.11. The lowest BCUT2D eigenvalue weighted by atomic mass is 10.1. The zero-order valence-electron chi connectivity index (χ0n) is 16.0. The quantitative estimate of drug-likeness (QED) is 0.470. The van der Waals surface area contributed by atoms with Crippen LogP contribution in [-0.2, 0) is 11.3 Å². The van der Waals surface area contributed by atoms with Crippen LogP contribution in [-0.4, -0.2) is 37.7 Å². The SMILES string of the molecule is NCCCn1c(Sc2cc3c(cc2-c2ncco2)=COCC=3)nc2c(N)ncnc21. The minimum atomic E-state index is 0.354. The third kappa shape index (κ3) is 3.29. The number of benzene rings is 1. The number of nitrogens with two attached hydrogens (primary N) is 2. The number of aryl methyl sites for hydroxylation is 1. The molecule has 0 atom stereocenters. The van der Waals surface area contributed by atoms with Gasteiger partial charge in [-0.15, -0.1) is 0 Å². The Balaban J connectivity index is 1.68. The van der Waals surface area contributed by atoms with Gasteiger partial charge in [0.2, 0.25) is 5.89 Å². The first-order valence-electron chi connectivity index (χ1n) is 9.45. The summed E-state index contributed by atoms with van der Waals surface area (Å²) >= 11 is 1.51. The van der Waals surface area contributed by atoms with E-state index in [1.165, 1.54) is 18.1 Å². The number of hydrogen-bond acceptors (Lipinski definition) is 9. The summed E-state index contributed by atoms with van der Waals surface area (Å²) in [5, 5.41) is 2.82. The number of ether oxygens (including phenoxy) is 1. The molecule has 0 bridgehead atoms. The Hall–Kier alpha value is -3.37. The van der Waals surface area contributed by atoms with Crippen molar-refractivity contribution in [1.82, 2.24) is 24.5 Å². The second-order valence-electron chi connectivity index (χ2n) is 6.69. The Morgan fingerprint density at radius 3 is 2.93 bits per heavy atom. The van der Waals surface area contributed by atoms with Gasteiger partial charge in [0, 0.05) is 16.7 Å². The number of aromatic nitrogens is 5. The van der Waals surface area contributed by atoms with Crippen LogP contribution in [0, 0.1) is 0 Å². The standard InChI is InChI=1S/C20H19N7O2S/c21-3-1-5-27-18-16(17(22)24-11-25-18)26-20(27)30-15-9-12-2-6-28-10-13(12)8-14(15)19-23-4-7-29-19/h2,4,7-11H,1,3,5-6,21H2,(H2,22,24,25). The molecule has 0 amide bonds. The zero-order chi connectivity index (χ0) is 20.5. The van der Waals surface area contributed by atoms with E-state index in [1.807, 2.05) is 16.7 Å². The van der Waals surface area contributed by atoms with Gasteiger partial charge in [0.1, 0.15) is 19.2 Å². The minimum Gasteiger partial charge on any atom is -0.496 e. The maximum Gasteiger partial charge on any atom is 0.227 e. The highest BCUT2D eigenvalue weighted by Gasteiger charge is 2.19. The fourth-order valence-corrected chi connectivity index (χ4v) is 4.40. The number of fused-ring (bicyclic) bond motifs is 2. The van der Waals surface area contributed by atoms with E-state index in [2.05, 4.69) is 21.0 Å². The Kier molecular flexibility index (Phi) is 4.85. The predicted molar refractivity (Wildman–Crippen MR) is 114 cm³/mol.